The number of rotatable bonds is 6. The van der Waals surface area contributed by atoms with Gasteiger partial charge in [-0.25, -0.2) is 9.37 Å². The molecule has 7 heteroatoms. The van der Waals surface area contributed by atoms with Gasteiger partial charge in [0.1, 0.15) is 17.3 Å². The fraction of sp³-hybridized carbons (Fsp3) is 0.375. The van der Waals surface area contributed by atoms with Gasteiger partial charge in [-0.2, -0.15) is 5.10 Å². The Labute approximate surface area is 227 Å². The third-order valence-corrected chi connectivity index (χ3v) is 8.73. The number of hydrogen-bond donors (Lipinski definition) is 1. The fourth-order valence-corrected chi connectivity index (χ4v) is 6.69. The highest BCUT2D eigenvalue weighted by atomic mass is 19.1. The van der Waals surface area contributed by atoms with Crippen LogP contribution < -0.4 is 0 Å². The minimum absolute atomic E-state index is 0.134. The molecule has 1 aliphatic carbocycles. The summed E-state index contributed by atoms with van der Waals surface area (Å²) in [4.78, 5) is 7.65. The first kappa shape index (κ1) is 24.5. The van der Waals surface area contributed by atoms with Crippen LogP contribution >= 0.6 is 0 Å². The van der Waals surface area contributed by atoms with Crippen LogP contribution in [-0.2, 0) is 20.1 Å². The van der Waals surface area contributed by atoms with E-state index in [0.717, 1.165) is 79.5 Å². The van der Waals surface area contributed by atoms with Crippen LogP contribution in [0.1, 0.15) is 43.0 Å². The first-order valence-electron chi connectivity index (χ1n) is 14.1. The van der Waals surface area contributed by atoms with Crippen molar-refractivity contribution in [3.8, 4) is 11.3 Å². The van der Waals surface area contributed by atoms with Gasteiger partial charge in [-0.3, -0.25) is 9.58 Å². The van der Waals surface area contributed by atoms with E-state index < -0.39 is 0 Å². The number of aromatic nitrogens is 4. The van der Waals surface area contributed by atoms with Gasteiger partial charge in [-0.05, 0) is 74.5 Å². The summed E-state index contributed by atoms with van der Waals surface area (Å²) in [7, 11) is 1.98. The Hall–Kier alpha value is -3.55. The van der Waals surface area contributed by atoms with Crippen molar-refractivity contribution in [2.45, 2.75) is 50.8 Å². The topological polar surface area (TPSA) is 59.1 Å². The summed E-state index contributed by atoms with van der Waals surface area (Å²) in [5.74, 6) is 1.94. The molecule has 0 spiro atoms. The number of aryl methyl sites for hydroxylation is 1. The lowest BCUT2D eigenvalue weighted by molar-refractivity contribution is 0.0351. The largest absolute Gasteiger partial charge is 0.393 e. The SMILES string of the molecule is Cn1nc(-c2cccc(F)c2)c2cccc(CN3CCC(c4nc5ccccc5n4CC4CC(O)C4)CC3)c21. The van der Waals surface area contributed by atoms with E-state index in [4.69, 9.17) is 10.1 Å². The third kappa shape index (κ3) is 4.53. The Kier molecular flexibility index (Phi) is 6.21. The number of fused-ring (bicyclic) bond motifs is 2. The average Bonchev–Trinajstić information content (AvgIpc) is 3.47. The number of imidazole rings is 1. The number of nitrogens with zero attached hydrogens (tertiary/aromatic N) is 5. The first-order valence-corrected chi connectivity index (χ1v) is 14.1. The second-order valence-corrected chi connectivity index (χ2v) is 11.4. The molecule has 1 N–H and O–H groups in total. The molecule has 3 heterocycles. The number of para-hydroxylation sites is 3. The lowest BCUT2D eigenvalue weighted by Crippen LogP contribution is -2.35. The Morgan fingerprint density at radius 3 is 2.56 bits per heavy atom. The number of aliphatic hydroxyl groups is 1. The van der Waals surface area contributed by atoms with Crippen molar-refractivity contribution in [1.29, 1.82) is 0 Å². The van der Waals surface area contributed by atoms with E-state index in [0.29, 0.717) is 11.8 Å². The number of aliphatic hydroxyl groups excluding tert-OH is 1. The lowest BCUT2D eigenvalue weighted by atomic mass is 9.82. The number of likely N-dealkylation sites (tertiary alicyclic amines) is 1. The van der Waals surface area contributed by atoms with Crippen LogP contribution in [0.3, 0.4) is 0 Å². The fourth-order valence-electron chi connectivity index (χ4n) is 6.69. The maximum Gasteiger partial charge on any atom is 0.123 e. The van der Waals surface area contributed by atoms with E-state index in [1.165, 1.54) is 23.0 Å². The molecule has 3 aromatic carbocycles. The standard InChI is InChI=1S/C32H34FN5O/c1-36-31-24(7-5-9-27(31)30(35-36)23-6-4-8-25(33)18-23)20-37-14-12-22(13-15-37)32-34-28-10-2-3-11-29(28)38(32)19-21-16-26(39)17-21/h2-11,18,21-22,26,39H,12-17,19-20H2,1H3. The summed E-state index contributed by atoms with van der Waals surface area (Å²) in [6, 6.07) is 21.5. The van der Waals surface area contributed by atoms with Crippen molar-refractivity contribution in [2.24, 2.45) is 13.0 Å². The first-order chi connectivity index (χ1) is 19.0. The zero-order valence-electron chi connectivity index (χ0n) is 22.3. The molecule has 5 aromatic rings. The highest BCUT2D eigenvalue weighted by Gasteiger charge is 2.31. The quantitative estimate of drug-likeness (QED) is 0.302. The second kappa shape index (κ2) is 9.88. The van der Waals surface area contributed by atoms with Crippen molar-refractivity contribution < 1.29 is 9.50 Å². The van der Waals surface area contributed by atoms with Crippen molar-refractivity contribution in [1.82, 2.24) is 24.2 Å². The third-order valence-electron chi connectivity index (χ3n) is 8.73. The van der Waals surface area contributed by atoms with Crippen LogP contribution in [0.4, 0.5) is 4.39 Å². The number of benzene rings is 3. The monoisotopic (exact) mass is 523 g/mol. The summed E-state index contributed by atoms with van der Waals surface area (Å²) in [6.45, 7) is 3.84. The van der Waals surface area contributed by atoms with Crippen LogP contribution in [-0.4, -0.2) is 48.5 Å². The molecule has 1 saturated carbocycles. The smallest absolute Gasteiger partial charge is 0.123 e. The number of hydrogen-bond acceptors (Lipinski definition) is 4. The van der Waals surface area contributed by atoms with Gasteiger partial charge in [0.15, 0.2) is 0 Å². The van der Waals surface area contributed by atoms with Crippen LogP contribution in [0, 0.1) is 11.7 Å². The zero-order chi connectivity index (χ0) is 26.5. The number of piperidine rings is 1. The Balaban J connectivity index is 1.10. The molecule has 7 rings (SSSR count). The van der Waals surface area contributed by atoms with Crippen LogP contribution in [0.5, 0.6) is 0 Å². The molecule has 200 valence electrons. The number of halogens is 1. The average molecular weight is 524 g/mol. The van der Waals surface area contributed by atoms with Gasteiger partial charge >= 0.3 is 0 Å². The van der Waals surface area contributed by atoms with E-state index >= 15 is 0 Å². The van der Waals surface area contributed by atoms with Gasteiger partial charge < -0.3 is 9.67 Å². The molecule has 6 nitrogen and oxygen atoms in total. The van der Waals surface area contributed by atoms with Crippen LogP contribution in [0.2, 0.25) is 0 Å². The van der Waals surface area contributed by atoms with Gasteiger partial charge in [0.25, 0.3) is 0 Å². The van der Waals surface area contributed by atoms with E-state index in [9.17, 15) is 9.50 Å². The normalized spacial score (nSPS) is 20.6. The Bertz CT molecular complexity index is 1640. The predicted molar refractivity (Wildman–Crippen MR) is 152 cm³/mol. The molecule has 2 aliphatic rings. The molecule has 0 amide bonds. The molecule has 1 aliphatic heterocycles. The summed E-state index contributed by atoms with van der Waals surface area (Å²) in [5.41, 5.74) is 6.28. The summed E-state index contributed by atoms with van der Waals surface area (Å²) in [6.07, 6.45) is 3.81. The second-order valence-electron chi connectivity index (χ2n) is 11.4. The van der Waals surface area contributed by atoms with E-state index in [1.54, 1.807) is 12.1 Å². The van der Waals surface area contributed by atoms with Crippen molar-refractivity contribution in [2.75, 3.05) is 13.1 Å². The molecule has 0 unspecified atom stereocenters. The highest BCUT2D eigenvalue weighted by Crippen LogP contribution is 2.36. The molecule has 2 aromatic heterocycles. The predicted octanol–water partition coefficient (Wildman–Crippen LogP) is 5.88. The van der Waals surface area contributed by atoms with E-state index in [2.05, 4.69) is 51.9 Å². The van der Waals surface area contributed by atoms with Crippen molar-refractivity contribution >= 4 is 21.9 Å². The Morgan fingerprint density at radius 1 is 0.974 bits per heavy atom. The molecular weight excluding hydrogens is 489 g/mol. The van der Waals surface area contributed by atoms with E-state index in [1.807, 2.05) is 17.8 Å². The molecule has 0 atom stereocenters. The van der Waals surface area contributed by atoms with Gasteiger partial charge in [-0.15, -0.1) is 0 Å². The molecule has 0 radical (unpaired) electrons. The van der Waals surface area contributed by atoms with Crippen molar-refractivity contribution in [3.05, 3.63) is 83.9 Å². The summed E-state index contributed by atoms with van der Waals surface area (Å²) >= 11 is 0. The molecule has 0 bridgehead atoms. The minimum Gasteiger partial charge on any atom is -0.393 e. The highest BCUT2D eigenvalue weighted by molar-refractivity contribution is 5.95. The molecular formula is C32H34FN5O. The van der Waals surface area contributed by atoms with Crippen molar-refractivity contribution in [3.63, 3.8) is 0 Å². The Morgan fingerprint density at radius 2 is 1.77 bits per heavy atom. The molecule has 39 heavy (non-hydrogen) atoms. The van der Waals surface area contributed by atoms with Gasteiger partial charge in [0, 0.05) is 37.0 Å². The molecule has 2 fully saturated rings. The minimum atomic E-state index is -0.246. The van der Waals surface area contributed by atoms with Crippen LogP contribution in [0.25, 0.3) is 33.2 Å². The molecule has 1 saturated heterocycles. The van der Waals surface area contributed by atoms with Crippen LogP contribution in [0.15, 0.2) is 66.7 Å². The van der Waals surface area contributed by atoms with Gasteiger partial charge in [0.2, 0.25) is 0 Å². The van der Waals surface area contributed by atoms with E-state index in [-0.39, 0.29) is 11.9 Å². The summed E-state index contributed by atoms with van der Waals surface area (Å²) in [5, 5.41) is 15.7. The summed E-state index contributed by atoms with van der Waals surface area (Å²) < 4.78 is 18.3. The maximum atomic E-state index is 13.9. The maximum absolute atomic E-state index is 13.9. The zero-order valence-corrected chi connectivity index (χ0v) is 22.3. The van der Waals surface area contributed by atoms with Gasteiger partial charge in [0.05, 0.1) is 22.7 Å². The van der Waals surface area contributed by atoms with Gasteiger partial charge in [-0.1, -0.05) is 42.5 Å². The lowest BCUT2D eigenvalue weighted by Gasteiger charge is -2.34.